The molecule has 0 amide bonds. The first kappa shape index (κ1) is 17.7. The van der Waals surface area contributed by atoms with Crippen LogP contribution in [0.2, 0.25) is 0 Å². The number of hydrogen-bond donors (Lipinski definition) is 1. The van der Waals surface area contributed by atoms with Gasteiger partial charge in [0.1, 0.15) is 5.82 Å². The van der Waals surface area contributed by atoms with E-state index in [9.17, 15) is 8.42 Å². The summed E-state index contributed by atoms with van der Waals surface area (Å²) >= 11 is 0. The Morgan fingerprint density at radius 2 is 2.04 bits per heavy atom. The smallest absolute Gasteiger partial charge is 0.232 e. The molecule has 2 heterocycles. The van der Waals surface area contributed by atoms with Gasteiger partial charge in [-0.1, -0.05) is 12.1 Å². The van der Waals surface area contributed by atoms with Crippen LogP contribution < -0.4 is 10.2 Å². The Morgan fingerprint density at radius 3 is 2.68 bits per heavy atom. The molecular weight excluding hydrogens is 336 g/mol. The van der Waals surface area contributed by atoms with Crippen LogP contribution in [0.15, 0.2) is 30.3 Å². The van der Waals surface area contributed by atoms with Gasteiger partial charge in [0.05, 0.1) is 11.5 Å². The molecule has 0 saturated carbocycles. The summed E-state index contributed by atoms with van der Waals surface area (Å²) in [6.45, 7) is 6.78. The summed E-state index contributed by atoms with van der Waals surface area (Å²) in [6, 6.07) is 10.00. The van der Waals surface area contributed by atoms with Crippen LogP contribution in [0.25, 0.3) is 0 Å². The van der Waals surface area contributed by atoms with Gasteiger partial charge in [-0.2, -0.15) is 4.98 Å². The molecule has 1 aliphatic rings. The molecule has 1 saturated heterocycles. The van der Waals surface area contributed by atoms with Crippen molar-refractivity contribution < 1.29 is 8.42 Å². The standard InChI is InChI=1S/C18H24N4O2S/c1-4-22(16-7-5-6-13(2)10-16)18-19-14(3)11-17(21-18)20-15-8-9-25(23,24)12-15/h5-7,10-11,15H,4,8-9,12H2,1-3H3,(H,19,20,21). The fourth-order valence-electron chi connectivity index (χ4n) is 3.10. The molecule has 1 N–H and O–H groups in total. The van der Waals surface area contributed by atoms with Gasteiger partial charge >= 0.3 is 0 Å². The van der Waals surface area contributed by atoms with Gasteiger partial charge in [0.15, 0.2) is 9.84 Å². The number of benzene rings is 1. The van der Waals surface area contributed by atoms with Crippen molar-refractivity contribution in [3.8, 4) is 0 Å². The van der Waals surface area contributed by atoms with Gasteiger partial charge in [0, 0.05) is 30.0 Å². The van der Waals surface area contributed by atoms with E-state index >= 15 is 0 Å². The van der Waals surface area contributed by atoms with Gasteiger partial charge in [0.2, 0.25) is 5.95 Å². The van der Waals surface area contributed by atoms with E-state index in [-0.39, 0.29) is 17.5 Å². The zero-order chi connectivity index (χ0) is 18.0. The maximum Gasteiger partial charge on any atom is 0.232 e. The largest absolute Gasteiger partial charge is 0.366 e. The highest BCUT2D eigenvalue weighted by atomic mass is 32.2. The first-order valence-electron chi connectivity index (χ1n) is 8.53. The molecule has 1 fully saturated rings. The van der Waals surface area contributed by atoms with Crippen LogP contribution in [0.3, 0.4) is 0 Å². The Hall–Kier alpha value is -2.15. The minimum Gasteiger partial charge on any atom is -0.366 e. The van der Waals surface area contributed by atoms with E-state index in [1.54, 1.807) is 0 Å². The number of aryl methyl sites for hydroxylation is 2. The molecule has 1 aromatic heterocycles. The van der Waals surface area contributed by atoms with Crippen LogP contribution in [-0.4, -0.2) is 42.5 Å². The molecule has 0 spiro atoms. The summed E-state index contributed by atoms with van der Waals surface area (Å²) in [7, 11) is -2.92. The van der Waals surface area contributed by atoms with E-state index in [2.05, 4.69) is 46.2 Å². The first-order valence-corrected chi connectivity index (χ1v) is 10.4. The normalized spacial score (nSPS) is 18.9. The van der Waals surface area contributed by atoms with Crippen molar-refractivity contribution in [2.24, 2.45) is 0 Å². The lowest BCUT2D eigenvalue weighted by molar-refractivity contribution is 0.602. The highest BCUT2D eigenvalue weighted by Gasteiger charge is 2.28. The van der Waals surface area contributed by atoms with Crippen molar-refractivity contribution in [3.05, 3.63) is 41.6 Å². The van der Waals surface area contributed by atoms with Crippen molar-refractivity contribution >= 4 is 27.3 Å². The average molecular weight is 360 g/mol. The third-order valence-corrected chi connectivity index (χ3v) is 6.07. The molecule has 0 bridgehead atoms. The maximum absolute atomic E-state index is 11.7. The zero-order valence-electron chi connectivity index (χ0n) is 14.9. The van der Waals surface area contributed by atoms with Crippen LogP contribution in [0.1, 0.15) is 24.6 Å². The van der Waals surface area contributed by atoms with Crippen molar-refractivity contribution in [1.29, 1.82) is 0 Å². The van der Waals surface area contributed by atoms with Crippen LogP contribution >= 0.6 is 0 Å². The summed E-state index contributed by atoms with van der Waals surface area (Å²) in [4.78, 5) is 11.3. The Labute approximate surface area is 149 Å². The van der Waals surface area contributed by atoms with Crippen LogP contribution in [0, 0.1) is 13.8 Å². The molecule has 2 aromatic rings. The van der Waals surface area contributed by atoms with E-state index < -0.39 is 9.84 Å². The van der Waals surface area contributed by atoms with E-state index in [0.717, 1.165) is 17.9 Å². The van der Waals surface area contributed by atoms with Crippen molar-refractivity contribution in [2.75, 3.05) is 28.3 Å². The molecule has 1 aliphatic heterocycles. The monoisotopic (exact) mass is 360 g/mol. The van der Waals surface area contributed by atoms with Crippen LogP contribution in [0.5, 0.6) is 0 Å². The van der Waals surface area contributed by atoms with Gasteiger partial charge in [-0.25, -0.2) is 13.4 Å². The molecule has 7 heteroatoms. The molecule has 6 nitrogen and oxygen atoms in total. The molecule has 1 atom stereocenters. The number of aromatic nitrogens is 2. The molecule has 0 aliphatic carbocycles. The molecule has 0 radical (unpaired) electrons. The average Bonchev–Trinajstić information content (AvgIpc) is 2.86. The number of rotatable bonds is 5. The lowest BCUT2D eigenvalue weighted by atomic mass is 10.2. The predicted octanol–water partition coefficient (Wildman–Crippen LogP) is 2.85. The molecule has 1 unspecified atom stereocenters. The summed E-state index contributed by atoms with van der Waals surface area (Å²) < 4.78 is 23.3. The Kier molecular flexibility index (Phi) is 4.94. The van der Waals surface area contributed by atoms with E-state index in [1.165, 1.54) is 5.56 Å². The minimum absolute atomic E-state index is 0.0822. The Bertz CT molecular complexity index is 867. The van der Waals surface area contributed by atoms with Gasteiger partial charge < -0.3 is 10.2 Å². The topological polar surface area (TPSA) is 75.2 Å². The number of hydrogen-bond acceptors (Lipinski definition) is 6. The zero-order valence-corrected chi connectivity index (χ0v) is 15.7. The maximum atomic E-state index is 11.7. The highest BCUT2D eigenvalue weighted by Crippen LogP contribution is 2.25. The van der Waals surface area contributed by atoms with Crippen molar-refractivity contribution in [2.45, 2.75) is 33.2 Å². The van der Waals surface area contributed by atoms with Crippen LogP contribution in [0.4, 0.5) is 17.5 Å². The van der Waals surface area contributed by atoms with Crippen molar-refractivity contribution in [3.63, 3.8) is 0 Å². The minimum atomic E-state index is -2.92. The lowest BCUT2D eigenvalue weighted by Crippen LogP contribution is -2.23. The number of nitrogens with one attached hydrogen (secondary N) is 1. The van der Waals surface area contributed by atoms with Gasteiger partial charge in [-0.05, 0) is 44.9 Å². The Morgan fingerprint density at radius 1 is 1.24 bits per heavy atom. The highest BCUT2D eigenvalue weighted by molar-refractivity contribution is 7.91. The van der Waals surface area contributed by atoms with E-state index in [4.69, 9.17) is 0 Å². The molecular formula is C18H24N4O2S. The third-order valence-electron chi connectivity index (χ3n) is 4.30. The van der Waals surface area contributed by atoms with E-state index in [1.807, 2.05) is 25.1 Å². The molecule has 3 rings (SSSR count). The summed E-state index contributed by atoms with van der Waals surface area (Å²) in [6.07, 6.45) is 0.621. The fourth-order valence-corrected chi connectivity index (χ4v) is 4.77. The summed E-state index contributed by atoms with van der Waals surface area (Å²) in [5.74, 6) is 1.71. The lowest BCUT2D eigenvalue weighted by Gasteiger charge is -2.23. The second-order valence-electron chi connectivity index (χ2n) is 6.52. The fraction of sp³-hybridized carbons (Fsp3) is 0.444. The number of nitrogens with zero attached hydrogens (tertiary/aromatic N) is 3. The van der Waals surface area contributed by atoms with Gasteiger partial charge in [-0.3, -0.25) is 0 Å². The first-order chi connectivity index (χ1) is 11.9. The predicted molar refractivity (Wildman–Crippen MR) is 101 cm³/mol. The Balaban J connectivity index is 1.87. The van der Waals surface area contributed by atoms with Gasteiger partial charge in [0.25, 0.3) is 0 Å². The second-order valence-corrected chi connectivity index (χ2v) is 8.75. The number of anilines is 3. The summed E-state index contributed by atoms with van der Waals surface area (Å²) in [5.41, 5.74) is 3.07. The molecule has 1 aromatic carbocycles. The van der Waals surface area contributed by atoms with Crippen LogP contribution in [-0.2, 0) is 9.84 Å². The van der Waals surface area contributed by atoms with Crippen molar-refractivity contribution in [1.82, 2.24) is 9.97 Å². The third kappa shape index (κ3) is 4.28. The second kappa shape index (κ2) is 7.00. The van der Waals surface area contributed by atoms with Gasteiger partial charge in [-0.15, -0.1) is 0 Å². The van der Waals surface area contributed by atoms with E-state index in [0.29, 0.717) is 18.2 Å². The molecule has 25 heavy (non-hydrogen) atoms. The number of sulfone groups is 1. The SMILES string of the molecule is CCN(c1cccc(C)c1)c1nc(C)cc(NC2CCS(=O)(=O)C2)n1. The quantitative estimate of drug-likeness (QED) is 0.884. The molecule has 134 valence electrons. The summed E-state index contributed by atoms with van der Waals surface area (Å²) in [5, 5.41) is 3.26.